The van der Waals surface area contributed by atoms with Gasteiger partial charge < -0.3 is 9.84 Å². The summed E-state index contributed by atoms with van der Waals surface area (Å²) < 4.78 is 6.21. The molecule has 2 atom stereocenters. The molecule has 0 bridgehead atoms. The van der Waals surface area contributed by atoms with Gasteiger partial charge in [0.05, 0.1) is 0 Å². The minimum Gasteiger partial charge on any atom is -0.490 e. The lowest BCUT2D eigenvalue weighted by molar-refractivity contribution is 0.101. The molecular formula is C16H24O2. The Kier molecular flexibility index (Phi) is 5.06. The molecule has 0 aromatic heterocycles. The molecule has 1 aromatic rings. The van der Waals surface area contributed by atoms with E-state index in [1.165, 1.54) is 31.2 Å². The van der Waals surface area contributed by atoms with E-state index in [4.69, 9.17) is 9.84 Å². The van der Waals surface area contributed by atoms with Crippen molar-refractivity contribution in [3.8, 4) is 5.75 Å². The molecule has 0 amide bonds. The normalized spacial score (nSPS) is 23.9. The molecule has 2 rings (SSSR count). The third-order valence-electron chi connectivity index (χ3n) is 3.89. The summed E-state index contributed by atoms with van der Waals surface area (Å²) in [6.45, 7) is 2.54. The van der Waals surface area contributed by atoms with E-state index in [1.807, 2.05) is 12.1 Å². The number of aliphatic hydroxyl groups excluding tert-OH is 1. The zero-order chi connectivity index (χ0) is 12.8. The van der Waals surface area contributed by atoms with E-state index >= 15 is 0 Å². The van der Waals surface area contributed by atoms with Crippen LogP contribution in [-0.2, 0) is 6.42 Å². The number of ether oxygens (including phenoxy) is 1. The van der Waals surface area contributed by atoms with Crippen LogP contribution in [0.5, 0.6) is 5.75 Å². The average Bonchev–Trinajstić information content (AvgIpc) is 2.40. The Labute approximate surface area is 110 Å². The van der Waals surface area contributed by atoms with Crippen LogP contribution in [0.1, 0.15) is 44.6 Å². The van der Waals surface area contributed by atoms with Crippen molar-refractivity contribution in [1.82, 2.24) is 0 Å². The highest BCUT2D eigenvalue weighted by Crippen LogP contribution is 2.30. The summed E-state index contributed by atoms with van der Waals surface area (Å²) in [5, 5.41) is 8.94. The lowest BCUT2D eigenvalue weighted by atomic mass is 9.88. The molecule has 0 radical (unpaired) electrons. The van der Waals surface area contributed by atoms with Crippen LogP contribution in [0.25, 0.3) is 0 Å². The molecule has 1 aliphatic carbocycles. The lowest BCUT2D eigenvalue weighted by Gasteiger charge is -2.30. The van der Waals surface area contributed by atoms with Crippen LogP contribution in [0.15, 0.2) is 24.3 Å². The van der Waals surface area contributed by atoms with Gasteiger partial charge in [0.2, 0.25) is 0 Å². The van der Waals surface area contributed by atoms with E-state index < -0.39 is 0 Å². The second kappa shape index (κ2) is 6.79. The highest BCUT2D eigenvalue weighted by Gasteiger charge is 2.23. The maximum absolute atomic E-state index is 8.94. The molecule has 18 heavy (non-hydrogen) atoms. The van der Waals surface area contributed by atoms with Crippen LogP contribution >= 0.6 is 0 Å². The Bertz CT molecular complexity index is 362. The minimum absolute atomic E-state index is 0.244. The molecule has 1 aromatic carbocycles. The van der Waals surface area contributed by atoms with Gasteiger partial charge in [0, 0.05) is 6.61 Å². The van der Waals surface area contributed by atoms with Gasteiger partial charge in [0.25, 0.3) is 0 Å². The molecule has 2 heteroatoms. The van der Waals surface area contributed by atoms with E-state index in [9.17, 15) is 0 Å². The summed E-state index contributed by atoms with van der Waals surface area (Å²) in [7, 11) is 0. The Balaban J connectivity index is 2.03. The highest BCUT2D eigenvalue weighted by atomic mass is 16.5. The maximum atomic E-state index is 8.94. The molecule has 1 aliphatic rings. The Morgan fingerprint density at radius 2 is 2.00 bits per heavy atom. The van der Waals surface area contributed by atoms with Crippen LogP contribution in [0.2, 0.25) is 0 Å². The Morgan fingerprint density at radius 3 is 2.78 bits per heavy atom. The van der Waals surface area contributed by atoms with Gasteiger partial charge in [0.15, 0.2) is 0 Å². The molecule has 1 N–H and O–H groups in total. The number of aliphatic hydroxyl groups is 1. The molecule has 2 nitrogen and oxygen atoms in total. The second-order valence-electron chi connectivity index (χ2n) is 5.35. The third-order valence-corrected chi connectivity index (χ3v) is 3.89. The van der Waals surface area contributed by atoms with Gasteiger partial charge in [-0.05, 0) is 49.7 Å². The fraction of sp³-hybridized carbons (Fsp3) is 0.625. The lowest BCUT2D eigenvalue weighted by Crippen LogP contribution is -2.28. The van der Waals surface area contributed by atoms with E-state index in [0.29, 0.717) is 12.0 Å². The SMILES string of the molecule is C[C@H]1CCCC[C@H]1Oc1ccccc1CCCO. The van der Waals surface area contributed by atoms with Crippen molar-refractivity contribution in [2.24, 2.45) is 5.92 Å². The Morgan fingerprint density at radius 1 is 1.22 bits per heavy atom. The van der Waals surface area contributed by atoms with Gasteiger partial charge in [0.1, 0.15) is 11.9 Å². The number of hydrogen-bond donors (Lipinski definition) is 1. The topological polar surface area (TPSA) is 29.5 Å². The predicted octanol–water partition coefficient (Wildman–Crippen LogP) is 3.57. The Hall–Kier alpha value is -1.02. The van der Waals surface area contributed by atoms with Crippen LogP contribution in [0, 0.1) is 5.92 Å². The molecule has 0 spiro atoms. The molecule has 0 saturated heterocycles. The molecule has 1 saturated carbocycles. The summed E-state index contributed by atoms with van der Waals surface area (Å²) in [5.74, 6) is 1.68. The van der Waals surface area contributed by atoms with Crippen molar-refractivity contribution >= 4 is 0 Å². The summed E-state index contributed by atoms with van der Waals surface area (Å²) in [4.78, 5) is 0. The smallest absolute Gasteiger partial charge is 0.122 e. The number of aryl methyl sites for hydroxylation is 1. The number of rotatable bonds is 5. The average molecular weight is 248 g/mol. The number of hydrogen-bond acceptors (Lipinski definition) is 2. The predicted molar refractivity (Wildman–Crippen MR) is 73.9 cm³/mol. The molecule has 1 fully saturated rings. The van der Waals surface area contributed by atoms with Gasteiger partial charge in [-0.1, -0.05) is 31.5 Å². The van der Waals surface area contributed by atoms with Crippen LogP contribution < -0.4 is 4.74 Å². The summed E-state index contributed by atoms with van der Waals surface area (Å²) >= 11 is 0. The van der Waals surface area contributed by atoms with Gasteiger partial charge in [-0.15, -0.1) is 0 Å². The van der Waals surface area contributed by atoms with E-state index in [2.05, 4.69) is 19.1 Å². The van der Waals surface area contributed by atoms with Gasteiger partial charge in [-0.2, -0.15) is 0 Å². The molecule has 0 aliphatic heterocycles. The van der Waals surface area contributed by atoms with E-state index in [1.54, 1.807) is 0 Å². The van der Waals surface area contributed by atoms with Gasteiger partial charge >= 0.3 is 0 Å². The first kappa shape index (κ1) is 13.4. The number of benzene rings is 1. The van der Waals surface area contributed by atoms with E-state index in [0.717, 1.165) is 18.6 Å². The van der Waals surface area contributed by atoms with Crippen LogP contribution in [0.4, 0.5) is 0 Å². The fourth-order valence-corrected chi connectivity index (χ4v) is 2.72. The van der Waals surface area contributed by atoms with Crippen molar-refractivity contribution in [2.75, 3.05) is 6.61 Å². The standard InChI is InChI=1S/C16H24O2/c1-13-7-2-4-10-15(13)18-16-11-5-3-8-14(16)9-6-12-17/h3,5,8,11,13,15,17H,2,4,6-7,9-10,12H2,1H3/t13-,15+/m0/s1. The molecule has 0 unspecified atom stereocenters. The number of para-hydroxylation sites is 1. The fourth-order valence-electron chi connectivity index (χ4n) is 2.72. The maximum Gasteiger partial charge on any atom is 0.122 e. The largest absolute Gasteiger partial charge is 0.490 e. The van der Waals surface area contributed by atoms with Crippen molar-refractivity contribution in [1.29, 1.82) is 0 Å². The first-order valence-corrected chi connectivity index (χ1v) is 7.16. The van der Waals surface area contributed by atoms with Crippen molar-refractivity contribution in [2.45, 2.75) is 51.6 Å². The van der Waals surface area contributed by atoms with Gasteiger partial charge in [-0.25, -0.2) is 0 Å². The highest BCUT2D eigenvalue weighted by molar-refractivity contribution is 5.33. The third kappa shape index (κ3) is 3.49. The summed E-state index contributed by atoms with van der Waals surface area (Å²) in [5.41, 5.74) is 1.23. The minimum atomic E-state index is 0.244. The zero-order valence-electron chi connectivity index (χ0n) is 11.3. The van der Waals surface area contributed by atoms with Crippen LogP contribution in [0.3, 0.4) is 0 Å². The van der Waals surface area contributed by atoms with E-state index in [-0.39, 0.29) is 6.61 Å². The summed E-state index contributed by atoms with van der Waals surface area (Å²) in [6.07, 6.45) is 7.16. The first-order chi connectivity index (χ1) is 8.81. The second-order valence-corrected chi connectivity index (χ2v) is 5.35. The monoisotopic (exact) mass is 248 g/mol. The summed E-state index contributed by atoms with van der Waals surface area (Å²) in [6, 6.07) is 8.25. The quantitative estimate of drug-likeness (QED) is 0.863. The van der Waals surface area contributed by atoms with Crippen molar-refractivity contribution < 1.29 is 9.84 Å². The molecular weight excluding hydrogens is 224 g/mol. The molecule has 0 heterocycles. The molecule has 100 valence electrons. The zero-order valence-corrected chi connectivity index (χ0v) is 11.3. The van der Waals surface area contributed by atoms with Gasteiger partial charge in [-0.3, -0.25) is 0 Å². The van der Waals surface area contributed by atoms with Crippen molar-refractivity contribution in [3.05, 3.63) is 29.8 Å². The van der Waals surface area contributed by atoms with Crippen molar-refractivity contribution in [3.63, 3.8) is 0 Å². The van der Waals surface area contributed by atoms with Crippen LogP contribution in [-0.4, -0.2) is 17.8 Å². The first-order valence-electron chi connectivity index (χ1n) is 7.16.